The lowest BCUT2D eigenvalue weighted by molar-refractivity contribution is -0.119. The molecule has 1 aromatic heterocycles. The smallest absolute Gasteiger partial charge is 0.259 e. The van der Waals surface area contributed by atoms with Gasteiger partial charge in [0.2, 0.25) is 0 Å². The molecule has 132 valence electrons. The second-order valence-electron chi connectivity index (χ2n) is 5.93. The zero-order valence-corrected chi connectivity index (χ0v) is 14.8. The molecule has 5 nitrogen and oxygen atoms in total. The Labute approximate surface area is 153 Å². The molecule has 0 aliphatic rings. The lowest BCUT2D eigenvalue weighted by atomic mass is 10.1. The highest BCUT2D eigenvalue weighted by Gasteiger charge is 2.11. The first-order valence-electron chi connectivity index (χ1n) is 8.50. The minimum Gasteiger partial charge on any atom is -0.376 e. The van der Waals surface area contributed by atoms with E-state index in [-0.39, 0.29) is 12.5 Å². The molecule has 1 heterocycles. The zero-order valence-electron chi connectivity index (χ0n) is 14.8. The number of hydrogen-bond acceptors (Lipinski definition) is 3. The van der Waals surface area contributed by atoms with Crippen molar-refractivity contribution in [2.75, 3.05) is 11.9 Å². The van der Waals surface area contributed by atoms with E-state index in [9.17, 15) is 4.79 Å². The predicted octanol–water partition coefficient (Wildman–Crippen LogP) is 3.70. The van der Waals surface area contributed by atoms with E-state index in [1.807, 2.05) is 55.5 Å². The number of carbonyl (C=O) groups is 1. The summed E-state index contributed by atoms with van der Waals surface area (Å²) in [5, 5.41) is 8.29. The molecular formula is C21H22N4O. The van der Waals surface area contributed by atoms with Crippen LogP contribution in [0.1, 0.15) is 11.3 Å². The van der Waals surface area contributed by atoms with Gasteiger partial charge in [0.1, 0.15) is 0 Å². The minimum absolute atomic E-state index is 0.165. The first kappa shape index (κ1) is 17.5. The molecule has 0 radical (unpaired) electrons. The minimum atomic E-state index is -0.197. The van der Waals surface area contributed by atoms with Gasteiger partial charge in [-0.1, -0.05) is 42.5 Å². The number of carbonyl (C=O) groups excluding carboxylic acids is 1. The molecular weight excluding hydrogens is 324 g/mol. The van der Waals surface area contributed by atoms with Crippen LogP contribution in [-0.2, 0) is 11.3 Å². The molecule has 2 aromatic carbocycles. The number of nitrogens with one attached hydrogen (secondary N) is 2. The number of amides is 1. The van der Waals surface area contributed by atoms with Gasteiger partial charge in [0.25, 0.3) is 5.91 Å². The Morgan fingerprint density at radius 1 is 1.15 bits per heavy atom. The number of aromatic nitrogens is 1. The number of fused-ring (bicyclic) bond motifs is 1. The lowest BCUT2D eigenvalue weighted by Gasteiger charge is -2.05. The zero-order chi connectivity index (χ0) is 18.4. The molecule has 5 heteroatoms. The van der Waals surface area contributed by atoms with Crippen molar-refractivity contribution in [3.05, 3.63) is 78.5 Å². The molecule has 0 aliphatic heterocycles. The monoisotopic (exact) mass is 346 g/mol. The topological polar surface area (TPSA) is 58.4 Å². The van der Waals surface area contributed by atoms with Gasteiger partial charge in [-0.25, -0.2) is 5.43 Å². The summed E-state index contributed by atoms with van der Waals surface area (Å²) >= 11 is 0. The third kappa shape index (κ3) is 3.83. The van der Waals surface area contributed by atoms with Gasteiger partial charge in [-0.3, -0.25) is 4.79 Å². The van der Waals surface area contributed by atoms with Gasteiger partial charge in [-0.05, 0) is 25.1 Å². The van der Waals surface area contributed by atoms with Gasteiger partial charge in [-0.2, -0.15) is 5.10 Å². The summed E-state index contributed by atoms with van der Waals surface area (Å²) in [6.07, 6.45) is 3.58. The van der Waals surface area contributed by atoms with Crippen molar-refractivity contribution in [2.45, 2.75) is 13.5 Å². The predicted molar refractivity (Wildman–Crippen MR) is 108 cm³/mol. The molecule has 0 spiro atoms. The van der Waals surface area contributed by atoms with Gasteiger partial charge in [-0.15, -0.1) is 6.58 Å². The Kier molecular flexibility index (Phi) is 5.49. The van der Waals surface area contributed by atoms with Gasteiger partial charge in [0, 0.05) is 34.4 Å². The summed E-state index contributed by atoms with van der Waals surface area (Å²) in [7, 11) is 0. The van der Waals surface area contributed by atoms with Crippen molar-refractivity contribution in [1.82, 2.24) is 9.99 Å². The summed E-state index contributed by atoms with van der Waals surface area (Å²) in [5.41, 5.74) is 6.69. The first-order chi connectivity index (χ1) is 12.7. The highest BCUT2D eigenvalue weighted by atomic mass is 16.2. The second-order valence-corrected chi connectivity index (χ2v) is 5.93. The summed E-state index contributed by atoms with van der Waals surface area (Å²) in [6, 6.07) is 17.7. The average Bonchev–Trinajstić information content (AvgIpc) is 2.93. The Morgan fingerprint density at radius 3 is 2.65 bits per heavy atom. The normalized spacial score (nSPS) is 11.0. The van der Waals surface area contributed by atoms with Crippen LogP contribution in [0.2, 0.25) is 0 Å². The molecule has 0 unspecified atom stereocenters. The van der Waals surface area contributed by atoms with Crippen molar-refractivity contribution < 1.29 is 4.79 Å². The van der Waals surface area contributed by atoms with Crippen molar-refractivity contribution in [3.8, 4) is 0 Å². The van der Waals surface area contributed by atoms with E-state index in [0.717, 1.165) is 34.4 Å². The van der Waals surface area contributed by atoms with Crippen LogP contribution in [0, 0.1) is 6.92 Å². The maximum atomic E-state index is 12.0. The van der Waals surface area contributed by atoms with Crippen LogP contribution in [0.5, 0.6) is 0 Å². The number of hydrazone groups is 1. The van der Waals surface area contributed by atoms with Crippen molar-refractivity contribution in [3.63, 3.8) is 0 Å². The largest absolute Gasteiger partial charge is 0.376 e. The summed E-state index contributed by atoms with van der Waals surface area (Å²) < 4.78 is 2.18. The molecule has 2 N–H and O–H groups in total. The fourth-order valence-corrected chi connectivity index (χ4v) is 2.93. The van der Waals surface area contributed by atoms with E-state index < -0.39 is 0 Å². The van der Waals surface area contributed by atoms with Crippen LogP contribution < -0.4 is 10.7 Å². The van der Waals surface area contributed by atoms with Crippen LogP contribution in [-0.4, -0.2) is 23.2 Å². The Bertz CT molecular complexity index is 941. The van der Waals surface area contributed by atoms with Crippen molar-refractivity contribution in [2.24, 2.45) is 5.10 Å². The average molecular weight is 346 g/mol. The molecule has 0 saturated carbocycles. The van der Waals surface area contributed by atoms with Crippen LogP contribution in [0.15, 0.2) is 72.4 Å². The Hall–Kier alpha value is -3.34. The van der Waals surface area contributed by atoms with Gasteiger partial charge < -0.3 is 9.88 Å². The third-order valence-corrected chi connectivity index (χ3v) is 4.20. The third-order valence-electron chi connectivity index (χ3n) is 4.20. The highest BCUT2D eigenvalue weighted by molar-refractivity contribution is 6.01. The van der Waals surface area contributed by atoms with E-state index >= 15 is 0 Å². The quantitative estimate of drug-likeness (QED) is 0.389. The van der Waals surface area contributed by atoms with Crippen LogP contribution in [0.3, 0.4) is 0 Å². The maximum absolute atomic E-state index is 12.0. The number of benzene rings is 2. The highest BCUT2D eigenvalue weighted by Crippen LogP contribution is 2.24. The standard InChI is InChI=1S/C21H22N4O/c1-3-13-25-16(2)19(18-11-7-8-12-20(18)25)14-23-24-21(26)15-22-17-9-5-4-6-10-17/h3-12,14,22H,1,13,15H2,2H3,(H,24,26)/b23-14-. The molecule has 0 aliphatic carbocycles. The molecule has 0 fully saturated rings. The van der Waals surface area contributed by atoms with Gasteiger partial charge in [0.05, 0.1) is 12.8 Å². The SMILES string of the molecule is C=CCn1c(C)c(/C=N\NC(=O)CNc2ccccc2)c2ccccc21. The molecule has 1 amide bonds. The molecule has 0 bridgehead atoms. The number of nitrogens with zero attached hydrogens (tertiary/aromatic N) is 2. The van der Waals surface area contributed by atoms with Crippen LogP contribution in [0.4, 0.5) is 5.69 Å². The maximum Gasteiger partial charge on any atom is 0.259 e. The second kappa shape index (κ2) is 8.16. The summed E-state index contributed by atoms with van der Waals surface area (Å²) in [6.45, 7) is 6.77. The Morgan fingerprint density at radius 2 is 1.88 bits per heavy atom. The van der Waals surface area contributed by atoms with E-state index in [2.05, 4.69) is 39.1 Å². The van der Waals surface area contributed by atoms with Crippen molar-refractivity contribution in [1.29, 1.82) is 0 Å². The van der Waals surface area contributed by atoms with E-state index in [1.54, 1.807) is 6.21 Å². The summed E-state index contributed by atoms with van der Waals surface area (Å²) in [5.74, 6) is -0.197. The number of hydrogen-bond donors (Lipinski definition) is 2. The number of para-hydroxylation sites is 2. The first-order valence-corrected chi connectivity index (χ1v) is 8.50. The molecule has 3 rings (SSSR count). The van der Waals surface area contributed by atoms with E-state index in [1.165, 1.54) is 0 Å². The molecule has 26 heavy (non-hydrogen) atoms. The molecule has 0 saturated heterocycles. The van der Waals surface area contributed by atoms with E-state index in [4.69, 9.17) is 0 Å². The molecule has 3 aromatic rings. The fraction of sp³-hybridized carbons (Fsp3) is 0.143. The fourth-order valence-electron chi connectivity index (χ4n) is 2.93. The summed E-state index contributed by atoms with van der Waals surface area (Å²) in [4.78, 5) is 12.0. The number of rotatable bonds is 7. The van der Waals surface area contributed by atoms with Crippen LogP contribution >= 0.6 is 0 Å². The van der Waals surface area contributed by atoms with Crippen molar-refractivity contribution >= 4 is 28.7 Å². The van der Waals surface area contributed by atoms with Gasteiger partial charge >= 0.3 is 0 Å². The number of allylic oxidation sites excluding steroid dienone is 1. The Balaban J connectivity index is 1.69. The van der Waals surface area contributed by atoms with Crippen LogP contribution in [0.25, 0.3) is 10.9 Å². The molecule has 0 atom stereocenters. The number of anilines is 1. The lowest BCUT2D eigenvalue weighted by Crippen LogP contribution is -2.25. The van der Waals surface area contributed by atoms with Gasteiger partial charge in [0.15, 0.2) is 0 Å². The van der Waals surface area contributed by atoms with E-state index in [0.29, 0.717) is 0 Å².